The van der Waals surface area contributed by atoms with Crippen LogP contribution in [0, 0.1) is 0 Å². The first-order chi connectivity index (χ1) is 17.1. The van der Waals surface area contributed by atoms with Gasteiger partial charge < -0.3 is 19.7 Å². The van der Waals surface area contributed by atoms with Crippen LogP contribution in [0.4, 0.5) is 0 Å². The highest BCUT2D eigenvalue weighted by Crippen LogP contribution is 2.43. The second-order valence-electron chi connectivity index (χ2n) is 10.6. The van der Waals surface area contributed by atoms with Gasteiger partial charge in [0.15, 0.2) is 0 Å². The Hall–Kier alpha value is -3.14. The molecule has 0 aliphatic rings. The molecule has 0 spiro atoms. The van der Waals surface area contributed by atoms with Crippen molar-refractivity contribution in [1.29, 1.82) is 0 Å². The Bertz CT molecular complexity index is 1060. The van der Waals surface area contributed by atoms with E-state index in [1.54, 1.807) is 24.3 Å². The van der Waals surface area contributed by atoms with Gasteiger partial charge in [-0.2, -0.15) is 0 Å². The summed E-state index contributed by atoms with van der Waals surface area (Å²) in [5.41, 5.74) is 3.70. The first-order valence-electron chi connectivity index (χ1n) is 13.1. The third-order valence-electron chi connectivity index (χ3n) is 7.09. The summed E-state index contributed by atoms with van der Waals surface area (Å²) < 4.78 is 12.2. The van der Waals surface area contributed by atoms with Crippen molar-refractivity contribution in [3.63, 3.8) is 0 Å². The highest BCUT2D eigenvalue weighted by molar-refractivity contribution is 5.53. The van der Waals surface area contributed by atoms with Gasteiger partial charge in [0.25, 0.3) is 0 Å². The molecule has 3 aromatic carbocycles. The van der Waals surface area contributed by atoms with Gasteiger partial charge in [-0.3, -0.25) is 0 Å². The van der Waals surface area contributed by atoms with Crippen molar-refractivity contribution in [2.45, 2.75) is 78.1 Å². The van der Waals surface area contributed by atoms with Gasteiger partial charge in [0.2, 0.25) is 0 Å². The Morgan fingerprint density at radius 1 is 0.611 bits per heavy atom. The van der Waals surface area contributed by atoms with Gasteiger partial charge in [0.1, 0.15) is 23.0 Å². The summed E-state index contributed by atoms with van der Waals surface area (Å²) in [6.07, 6.45) is 4.04. The summed E-state index contributed by atoms with van der Waals surface area (Å²) in [5.74, 6) is 1.87. The summed E-state index contributed by atoms with van der Waals surface area (Å²) in [6.45, 7) is 14.3. The van der Waals surface area contributed by atoms with Crippen molar-refractivity contribution in [2.24, 2.45) is 0 Å². The fourth-order valence-electron chi connectivity index (χ4n) is 4.55. The van der Waals surface area contributed by atoms with Crippen molar-refractivity contribution in [1.82, 2.24) is 0 Å². The number of rotatable bonds is 12. The van der Waals surface area contributed by atoms with Gasteiger partial charge in [0, 0.05) is 34.1 Å². The lowest BCUT2D eigenvalue weighted by molar-refractivity contribution is 0.300. The molecule has 0 aromatic heterocycles. The second kappa shape index (κ2) is 11.7. The quantitative estimate of drug-likeness (QED) is 0.252. The van der Waals surface area contributed by atoms with E-state index in [0.717, 1.165) is 59.4 Å². The smallest absolute Gasteiger partial charge is 0.127 e. The third kappa shape index (κ3) is 6.16. The normalized spacial score (nSPS) is 11.9. The Morgan fingerprint density at radius 2 is 1.03 bits per heavy atom. The van der Waals surface area contributed by atoms with Crippen molar-refractivity contribution >= 4 is 0 Å². The first kappa shape index (κ1) is 27.4. The number of phenols is 2. The number of hydrogen-bond acceptors (Lipinski definition) is 4. The summed E-state index contributed by atoms with van der Waals surface area (Å²) in [6, 6.07) is 19.5. The van der Waals surface area contributed by atoms with Crippen LogP contribution in [0.1, 0.15) is 89.5 Å². The highest BCUT2D eigenvalue weighted by atomic mass is 16.5. The molecule has 0 aliphatic carbocycles. The molecule has 0 atom stereocenters. The van der Waals surface area contributed by atoms with Crippen molar-refractivity contribution in [3.05, 3.63) is 82.9 Å². The minimum atomic E-state index is -0.350. The fraction of sp³-hybridized carbons (Fsp3) is 0.438. The predicted molar refractivity (Wildman–Crippen MR) is 148 cm³/mol. The molecule has 3 aromatic rings. The average molecular weight is 491 g/mol. The van der Waals surface area contributed by atoms with E-state index < -0.39 is 0 Å². The molecular formula is C32H42O4. The number of aromatic hydroxyl groups is 2. The zero-order valence-corrected chi connectivity index (χ0v) is 22.7. The zero-order chi connectivity index (χ0) is 26.3. The van der Waals surface area contributed by atoms with Crippen molar-refractivity contribution < 1.29 is 19.7 Å². The molecule has 0 saturated heterocycles. The van der Waals surface area contributed by atoms with Gasteiger partial charge in [-0.1, -0.05) is 90.8 Å². The van der Waals surface area contributed by atoms with E-state index in [9.17, 15) is 10.2 Å². The molecule has 36 heavy (non-hydrogen) atoms. The topological polar surface area (TPSA) is 58.9 Å². The molecule has 4 heteroatoms. The zero-order valence-electron chi connectivity index (χ0n) is 22.7. The monoisotopic (exact) mass is 490 g/mol. The van der Waals surface area contributed by atoms with Gasteiger partial charge in [-0.15, -0.1) is 0 Å². The molecule has 194 valence electrons. The van der Waals surface area contributed by atoms with Crippen molar-refractivity contribution in [2.75, 3.05) is 13.2 Å². The largest absolute Gasteiger partial charge is 0.508 e. The van der Waals surface area contributed by atoms with Crippen LogP contribution in [-0.4, -0.2) is 23.4 Å². The van der Waals surface area contributed by atoms with E-state index in [4.69, 9.17) is 9.47 Å². The predicted octanol–water partition coefficient (Wildman–Crippen LogP) is 8.11. The lowest BCUT2D eigenvalue weighted by atomic mass is 9.73. The summed E-state index contributed by atoms with van der Waals surface area (Å²) in [4.78, 5) is 0. The lowest BCUT2D eigenvalue weighted by Gasteiger charge is -2.32. The molecular weight excluding hydrogens is 448 g/mol. The number of ether oxygens (including phenoxy) is 2. The number of hydrogen-bond donors (Lipinski definition) is 2. The molecule has 0 bridgehead atoms. The standard InChI is InChI=1S/C32H42O4/c1-7-9-18-35-29-21-25(33)14-16-27(29)31(3,4)23-12-11-13-24(20-23)32(5,6)28-17-15-26(34)22-30(28)36-19-10-8-2/h11-17,20-22,33-34H,7-10,18-19H2,1-6H3. The molecule has 0 fully saturated rings. The van der Waals surface area contributed by atoms with E-state index in [1.165, 1.54) is 0 Å². The minimum Gasteiger partial charge on any atom is -0.508 e. The minimum absolute atomic E-state index is 0.207. The number of unbranched alkanes of at least 4 members (excludes halogenated alkanes) is 2. The average Bonchev–Trinajstić information content (AvgIpc) is 2.84. The van der Waals surface area contributed by atoms with E-state index in [0.29, 0.717) is 13.2 Å². The first-order valence-corrected chi connectivity index (χ1v) is 13.1. The maximum absolute atomic E-state index is 10.1. The Labute approximate surface area is 216 Å². The molecule has 0 amide bonds. The van der Waals surface area contributed by atoms with Crippen LogP contribution >= 0.6 is 0 Å². The van der Waals surface area contributed by atoms with Crippen LogP contribution in [-0.2, 0) is 10.8 Å². The third-order valence-corrected chi connectivity index (χ3v) is 7.09. The number of phenolic OH excluding ortho intramolecular Hbond substituents is 2. The number of benzene rings is 3. The lowest BCUT2D eigenvalue weighted by Crippen LogP contribution is -2.24. The molecule has 3 rings (SSSR count). The molecule has 4 nitrogen and oxygen atoms in total. The van der Waals surface area contributed by atoms with Crippen LogP contribution in [0.25, 0.3) is 0 Å². The highest BCUT2D eigenvalue weighted by Gasteiger charge is 2.31. The Balaban J connectivity index is 2.01. The fourth-order valence-corrected chi connectivity index (χ4v) is 4.55. The van der Waals surface area contributed by atoms with Crippen LogP contribution in [0.3, 0.4) is 0 Å². The van der Waals surface area contributed by atoms with E-state index in [1.807, 2.05) is 12.1 Å². The SMILES string of the molecule is CCCCOc1cc(O)ccc1C(C)(C)c1cccc(C(C)(C)c2ccc(O)cc2OCCCC)c1. The second-order valence-corrected chi connectivity index (χ2v) is 10.6. The molecule has 0 unspecified atom stereocenters. The van der Waals surface area contributed by atoms with Gasteiger partial charge in [0.05, 0.1) is 13.2 Å². The maximum Gasteiger partial charge on any atom is 0.127 e. The summed E-state index contributed by atoms with van der Waals surface area (Å²) in [7, 11) is 0. The summed E-state index contributed by atoms with van der Waals surface area (Å²) in [5, 5.41) is 20.2. The molecule has 0 heterocycles. The molecule has 0 radical (unpaired) electrons. The maximum atomic E-state index is 10.1. The van der Waals surface area contributed by atoms with Crippen molar-refractivity contribution in [3.8, 4) is 23.0 Å². The molecule has 2 N–H and O–H groups in total. The van der Waals surface area contributed by atoms with Gasteiger partial charge in [-0.05, 0) is 36.1 Å². The van der Waals surface area contributed by atoms with E-state index >= 15 is 0 Å². The molecule has 0 saturated carbocycles. The van der Waals surface area contributed by atoms with E-state index in [2.05, 4.69) is 65.8 Å². The molecule has 0 aliphatic heterocycles. The Kier molecular flexibility index (Phi) is 8.94. The van der Waals surface area contributed by atoms with E-state index in [-0.39, 0.29) is 22.3 Å². The van der Waals surface area contributed by atoms with Gasteiger partial charge >= 0.3 is 0 Å². The van der Waals surface area contributed by atoms with Gasteiger partial charge in [-0.25, -0.2) is 0 Å². The van der Waals surface area contributed by atoms with Crippen LogP contribution in [0.2, 0.25) is 0 Å². The summed E-state index contributed by atoms with van der Waals surface area (Å²) >= 11 is 0. The van der Waals surface area contributed by atoms with Crippen LogP contribution in [0.15, 0.2) is 60.7 Å². The van der Waals surface area contributed by atoms with Crippen LogP contribution in [0.5, 0.6) is 23.0 Å². The van der Waals surface area contributed by atoms with Crippen LogP contribution < -0.4 is 9.47 Å². The Morgan fingerprint density at radius 3 is 1.42 bits per heavy atom.